The summed E-state index contributed by atoms with van der Waals surface area (Å²) in [5.74, 6) is 0. The van der Waals surface area contributed by atoms with Gasteiger partial charge in [0.05, 0.1) is 0 Å². The number of H-pyrrole nitrogens is 1. The van der Waals surface area contributed by atoms with Crippen LogP contribution in [0.1, 0.15) is 55.8 Å². The van der Waals surface area contributed by atoms with Crippen molar-refractivity contribution < 1.29 is 0 Å². The van der Waals surface area contributed by atoms with Crippen LogP contribution in [0.3, 0.4) is 0 Å². The molecule has 1 aromatic rings. The molecule has 2 aliphatic heterocycles. The van der Waals surface area contributed by atoms with E-state index in [1.165, 1.54) is 57.2 Å². The number of pyridine rings is 1. The molecule has 2 fully saturated rings. The first-order chi connectivity index (χ1) is 10.3. The molecule has 1 aromatic heterocycles. The Morgan fingerprint density at radius 2 is 2.10 bits per heavy atom. The van der Waals surface area contributed by atoms with Crippen molar-refractivity contribution in [2.24, 2.45) is 0 Å². The zero-order valence-electron chi connectivity index (χ0n) is 12.6. The molecule has 2 N–H and O–H groups in total. The van der Waals surface area contributed by atoms with E-state index in [1.807, 2.05) is 6.07 Å². The summed E-state index contributed by atoms with van der Waals surface area (Å²) in [5, 5.41) is 3.90. The Kier molecular flexibility index (Phi) is 3.59. The second kappa shape index (κ2) is 5.58. The van der Waals surface area contributed by atoms with Crippen LogP contribution >= 0.6 is 0 Å². The van der Waals surface area contributed by atoms with Crippen molar-refractivity contribution in [3.05, 3.63) is 33.7 Å². The average Bonchev–Trinajstić information content (AvgIpc) is 2.95. The van der Waals surface area contributed by atoms with Gasteiger partial charge in [-0.15, -0.1) is 0 Å². The van der Waals surface area contributed by atoms with E-state index in [2.05, 4.69) is 15.2 Å². The molecule has 0 aromatic carbocycles. The average molecular weight is 287 g/mol. The highest BCUT2D eigenvalue weighted by Crippen LogP contribution is 2.31. The summed E-state index contributed by atoms with van der Waals surface area (Å²) >= 11 is 0. The number of nitrogens with one attached hydrogen (secondary N) is 2. The third-order valence-corrected chi connectivity index (χ3v) is 5.59. The summed E-state index contributed by atoms with van der Waals surface area (Å²) < 4.78 is 0. The molecule has 0 radical (unpaired) electrons. The van der Waals surface area contributed by atoms with E-state index in [9.17, 15) is 4.79 Å². The number of rotatable bonds is 2. The largest absolute Gasteiger partial charge is 0.326 e. The van der Waals surface area contributed by atoms with Gasteiger partial charge in [0.2, 0.25) is 5.56 Å². The van der Waals surface area contributed by atoms with Gasteiger partial charge in [0.1, 0.15) is 0 Å². The van der Waals surface area contributed by atoms with Crippen molar-refractivity contribution in [1.29, 1.82) is 0 Å². The number of fused-ring (bicyclic) bond motifs is 2. The summed E-state index contributed by atoms with van der Waals surface area (Å²) in [5.41, 5.74) is 2.52. The molecule has 21 heavy (non-hydrogen) atoms. The van der Waals surface area contributed by atoms with Crippen molar-refractivity contribution in [3.63, 3.8) is 0 Å². The first kappa shape index (κ1) is 13.5. The van der Waals surface area contributed by atoms with E-state index in [0.717, 1.165) is 18.2 Å². The fourth-order valence-corrected chi connectivity index (χ4v) is 4.53. The van der Waals surface area contributed by atoms with Crippen LogP contribution < -0.4 is 10.9 Å². The smallest absolute Gasteiger partial charge is 0.248 e. The monoisotopic (exact) mass is 287 g/mol. The first-order valence-electron chi connectivity index (χ1n) is 8.52. The van der Waals surface area contributed by atoms with Crippen molar-refractivity contribution in [2.75, 3.05) is 13.1 Å². The fourth-order valence-electron chi connectivity index (χ4n) is 4.53. The molecule has 0 bridgehead atoms. The molecule has 0 spiro atoms. The van der Waals surface area contributed by atoms with Gasteiger partial charge >= 0.3 is 0 Å². The predicted octanol–water partition coefficient (Wildman–Crippen LogP) is 1.97. The van der Waals surface area contributed by atoms with Gasteiger partial charge in [-0.1, -0.05) is 6.07 Å². The molecule has 0 amide bonds. The van der Waals surface area contributed by atoms with E-state index < -0.39 is 0 Å². The van der Waals surface area contributed by atoms with Crippen LogP contribution in [0.15, 0.2) is 16.9 Å². The molecule has 3 unspecified atom stereocenters. The van der Waals surface area contributed by atoms with Gasteiger partial charge < -0.3 is 15.2 Å². The van der Waals surface area contributed by atoms with Gasteiger partial charge in [-0.25, -0.2) is 0 Å². The van der Waals surface area contributed by atoms with E-state index in [-0.39, 0.29) is 5.56 Å². The van der Waals surface area contributed by atoms with Gasteiger partial charge in [0, 0.05) is 29.9 Å². The van der Waals surface area contributed by atoms with E-state index in [4.69, 9.17) is 0 Å². The lowest BCUT2D eigenvalue weighted by Gasteiger charge is -2.38. The van der Waals surface area contributed by atoms with Gasteiger partial charge in [-0.05, 0) is 63.6 Å². The van der Waals surface area contributed by atoms with Crippen LogP contribution in [-0.2, 0) is 6.42 Å². The van der Waals surface area contributed by atoms with Crippen LogP contribution in [0.25, 0.3) is 0 Å². The number of aromatic amines is 1. The summed E-state index contributed by atoms with van der Waals surface area (Å²) in [6.07, 6.45) is 8.72. The second-order valence-electron chi connectivity index (χ2n) is 6.92. The molecule has 4 heteroatoms. The Morgan fingerprint density at radius 3 is 3.05 bits per heavy atom. The summed E-state index contributed by atoms with van der Waals surface area (Å²) in [6, 6.07) is 5.61. The van der Waals surface area contributed by atoms with Crippen molar-refractivity contribution >= 4 is 0 Å². The summed E-state index contributed by atoms with van der Waals surface area (Å²) in [4.78, 5) is 17.2. The van der Waals surface area contributed by atoms with Crippen LogP contribution in [-0.4, -0.2) is 35.1 Å². The van der Waals surface area contributed by atoms with E-state index >= 15 is 0 Å². The Balaban J connectivity index is 1.47. The topological polar surface area (TPSA) is 48.1 Å². The SMILES string of the molecule is O=c1ccc2c([nH]1)CCCC2NC1CCN2CCCC2C1. The molecule has 3 heterocycles. The van der Waals surface area contributed by atoms with Crippen LogP contribution in [0.5, 0.6) is 0 Å². The lowest BCUT2D eigenvalue weighted by Crippen LogP contribution is -2.47. The molecule has 4 nitrogen and oxygen atoms in total. The molecule has 1 aliphatic carbocycles. The van der Waals surface area contributed by atoms with Crippen molar-refractivity contribution in [3.8, 4) is 0 Å². The number of aromatic nitrogens is 1. The van der Waals surface area contributed by atoms with Crippen LogP contribution in [0, 0.1) is 0 Å². The lowest BCUT2D eigenvalue weighted by atomic mass is 9.89. The molecule has 3 atom stereocenters. The highest BCUT2D eigenvalue weighted by Gasteiger charge is 2.33. The normalized spacial score (nSPS) is 32.7. The van der Waals surface area contributed by atoms with Crippen LogP contribution in [0.2, 0.25) is 0 Å². The number of piperidine rings is 1. The molecular formula is C17H25N3O. The Labute approximate surface area is 125 Å². The highest BCUT2D eigenvalue weighted by molar-refractivity contribution is 5.26. The minimum absolute atomic E-state index is 0.0358. The summed E-state index contributed by atoms with van der Waals surface area (Å²) in [6.45, 7) is 2.57. The zero-order valence-corrected chi connectivity index (χ0v) is 12.6. The molecule has 114 valence electrons. The van der Waals surface area contributed by atoms with E-state index in [0.29, 0.717) is 12.1 Å². The molecule has 4 rings (SSSR count). The molecule has 3 aliphatic rings. The molecule has 0 saturated carbocycles. The quantitative estimate of drug-likeness (QED) is 0.874. The highest BCUT2D eigenvalue weighted by atomic mass is 16.1. The minimum Gasteiger partial charge on any atom is -0.326 e. The van der Waals surface area contributed by atoms with Crippen molar-refractivity contribution in [1.82, 2.24) is 15.2 Å². The maximum Gasteiger partial charge on any atom is 0.248 e. The third kappa shape index (κ3) is 2.67. The number of hydrogen-bond acceptors (Lipinski definition) is 3. The Bertz CT molecular complexity index is 567. The van der Waals surface area contributed by atoms with Gasteiger partial charge in [-0.2, -0.15) is 0 Å². The standard InChI is InChI=1S/C17H25N3O/c21-17-7-6-14-15(4-1-5-16(14)19-17)18-12-8-10-20-9-2-3-13(20)11-12/h6-7,12-13,15,18H,1-5,8-11H2,(H,19,21). The number of aryl methyl sites for hydroxylation is 1. The fraction of sp³-hybridized carbons (Fsp3) is 0.706. The number of nitrogens with zero attached hydrogens (tertiary/aromatic N) is 1. The Hall–Kier alpha value is -1.13. The second-order valence-corrected chi connectivity index (χ2v) is 6.92. The molecule has 2 saturated heterocycles. The van der Waals surface area contributed by atoms with Crippen molar-refractivity contribution in [2.45, 2.75) is 63.1 Å². The lowest BCUT2D eigenvalue weighted by molar-refractivity contribution is 0.158. The van der Waals surface area contributed by atoms with Gasteiger partial charge in [0.15, 0.2) is 0 Å². The van der Waals surface area contributed by atoms with Gasteiger partial charge in [-0.3, -0.25) is 4.79 Å². The van der Waals surface area contributed by atoms with E-state index in [1.54, 1.807) is 6.07 Å². The summed E-state index contributed by atoms with van der Waals surface area (Å²) in [7, 11) is 0. The minimum atomic E-state index is 0.0358. The zero-order chi connectivity index (χ0) is 14.2. The third-order valence-electron chi connectivity index (χ3n) is 5.59. The molecular weight excluding hydrogens is 262 g/mol. The maximum atomic E-state index is 11.5. The number of hydrogen-bond donors (Lipinski definition) is 2. The first-order valence-corrected chi connectivity index (χ1v) is 8.52. The van der Waals surface area contributed by atoms with Crippen LogP contribution in [0.4, 0.5) is 0 Å². The predicted molar refractivity (Wildman–Crippen MR) is 83.5 cm³/mol. The van der Waals surface area contributed by atoms with Gasteiger partial charge in [0.25, 0.3) is 0 Å². The maximum absolute atomic E-state index is 11.5. The Morgan fingerprint density at radius 1 is 1.14 bits per heavy atom.